The number of aromatic nitrogens is 2. The predicted molar refractivity (Wildman–Crippen MR) is 119 cm³/mol. The lowest BCUT2D eigenvalue weighted by Crippen LogP contribution is -2.52. The van der Waals surface area contributed by atoms with Crippen molar-refractivity contribution in [3.05, 3.63) is 63.5 Å². The fourth-order valence-corrected chi connectivity index (χ4v) is 4.92. The van der Waals surface area contributed by atoms with Gasteiger partial charge in [0.25, 0.3) is 0 Å². The maximum absolute atomic E-state index is 9.60. The van der Waals surface area contributed by atoms with Crippen molar-refractivity contribution < 1.29 is 5.11 Å². The van der Waals surface area contributed by atoms with Crippen molar-refractivity contribution in [2.75, 3.05) is 26.2 Å². The van der Waals surface area contributed by atoms with Gasteiger partial charge in [0, 0.05) is 56.5 Å². The molecule has 2 N–H and O–H groups in total. The predicted octanol–water partition coefficient (Wildman–Crippen LogP) is 3.82. The van der Waals surface area contributed by atoms with E-state index in [2.05, 4.69) is 68.9 Å². The summed E-state index contributed by atoms with van der Waals surface area (Å²) in [6.45, 7) is 9.40. The molecule has 0 radical (unpaired) electrons. The van der Waals surface area contributed by atoms with Gasteiger partial charge >= 0.3 is 0 Å². The summed E-state index contributed by atoms with van der Waals surface area (Å²) in [5.74, 6) is 0. The lowest BCUT2D eigenvalue weighted by atomic mass is 10.00. The first kappa shape index (κ1) is 20.3. The molecule has 0 aliphatic carbocycles. The van der Waals surface area contributed by atoms with Gasteiger partial charge in [0.15, 0.2) is 0 Å². The molecule has 1 fully saturated rings. The van der Waals surface area contributed by atoms with Crippen molar-refractivity contribution in [2.24, 2.45) is 0 Å². The molecule has 29 heavy (non-hydrogen) atoms. The number of rotatable bonds is 7. The summed E-state index contributed by atoms with van der Waals surface area (Å²) in [6, 6.07) is 9.15. The molecule has 3 aromatic rings. The second kappa shape index (κ2) is 9.22. The molecule has 1 aliphatic rings. The summed E-state index contributed by atoms with van der Waals surface area (Å²) in [5, 5.41) is 21.5. The average Bonchev–Trinajstić information content (AvgIpc) is 3.38. The summed E-state index contributed by atoms with van der Waals surface area (Å²) in [6.07, 6.45) is 2.78. The molecule has 1 aliphatic heterocycles. The standard InChI is InChI=1S/C23H30N4OS/c1-17-3-4-18(2)22(11-17)23-20(12-24-25-23)14-26-7-8-27(21(15-26)5-9-28)13-19-6-10-29-16-19/h3-4,6,10-12,16,21,28H,5,7-9,13-15H2,1-2H3,(H,24,25)/t21-/m1/s1. The molecule has 1 saturated heterocycles. The van der Waals surface area contributed by atoms with E-state index in [0.29, 0.717) is 6.04 Å². The first-order valence-electron chi connectivity index (χ1n) is 10.3. The number of aliphatic hydroxyl groups excluding tert-OH is 1. The van der Waals surface area contributed by atoms with Gasteiger partial charge in [0.2, 0.25) is 0 Å². The Morgan fingerprint density at radius 2 is 2.10 bits per heavy atom. The molecule has 1 aromatic carbocycles. The van der Waals surface area contributed by atoms with Crippen molar-refractivity contribution in [3.63, 3.8) is 0 Å². The van der Waals surface area contributed by atoms with Gasteiger partial charge in [-0.2, -0.15) is 16.4 Å². The number of hydrogen-bond donors (Lipinski definition) is 2. The molecule has 154 valence electrons. The summed E-state index contributed by atoms with van der Waals surface area (Å²) < 4.78 is 0. The molecule has 3 heterocycles. The van der Waals surface area contributed by atoms with E-state index >= 15 is 0 Å². The van der Waals surface area contributed by atoms with E-state index in [0.717, 1.165) is 44.8 Å². The lowest BCUT2D eigenvalue weighted by Gasteiger charge is -2.41. The van der Waals surface area contributed by atoms with Crippen LogP contribution in [0.2, 0.25) is 0 Å². The number of nitrogens with zero attached hydrogens (tertiary/aromatic N) is 3. The molecule has 1 atom stereocenters. The first-order valence-corrected chi connectivity index (χ1v) is 11.3. The Balaban J connectivity index is 1.47. The summed E-state index contributed by atoms with van der Waals surface area (Å²) in [5.41, 5.74) is 7.51. The number of aliphatic hydroxyl groups is 1. The highest BCUT2D eigenvalue weighted by Crippen LogP contribution is 2.27. The van der Waals surface area contributed by atoms with Crippen LogP contribution in [0.3, 0.4) is 0 Å². The fourth-order valence-electron chi connectivity index (χ4n) is 4.26. The average molecular weight is 411 g/mol. The van der Waals surface area contributed by atoms with Gasteiger partial charge < -0.3 is 5.11 Å². The molecule has 6 heteroatoms. The smallest absolute Gasteiger partial charge is 0.0698 e. The van der Waals surface area contributed by atoms with Crippen LogP contribution in [0.15, 0.2) is 41.2 Å². The van der Waals surface area contributed by atoms with Gasteiger partial charge in [-0.15, -0.1) is 0 Å². The number of hydrogen-bond acceptors (Lipinski definition) is 5. The number of H-pyrrole nitrogens is 1. The summed E-state index contributed by atoms with van der Waals surface area (Å²) >= 11 is 1.75. The Labute approximate surface area is 177 Å². The van der Waals surface area contributed by atoms with Crippen molar-refractivity contribution in [2.45, 2.75) is 39.4 Å². The third kappa shape index (κ3) is 4.78. The minimum atomic E-state index is 0.234. The minimum Gasteiger partial charge on any atom is -0.396 e. The van der Waals surface area contributed by atoms with E-state index in [4.69, 9.17) is 0 Å². The topological polar surface area (TPSA) is 55.4 Å². The van der Waals surface area contributed by atoms with Crippen LogP contribution in [0.25, 0.3) is 11.3 Å². The number of thiophene rings is 1. The van der Waals surface area contributed by atoms with E-state index in [1.165, 1.54) is 27.8 Å². The number of aryl methyl sites for hydroxylation is 2. The first-order chi connectivity index (χ1) is 14.1. The highest BCUT2D eigenvalue weighted by Gasteiger charge is 2.27. The zero-order valence-electron chi connectivity index (χ0n) is 17.3. The molecular formula is C23H30N4OS. The Hall–Kier alpha value is -1.99. The third-order valence-electron chi connectivity index (χ3n) is 5.89. The van der Waals surface area contributed by atoms with Crippen molar-refractivity contribution in [3.8, 4) is 11.3 Å². The van der Waals surface area contributed by atoms with Gasteiger partial charge in [-0.3, -0.25) is 14.9 Å². The summed E-state index contributed by atoms with van der Waals surface area (Å²) in [7, 11) is 0. The summed E-state index contributed by atoms with van der Waals surface area (Å²) in [4.78, 5) is 5.03. The molecule has 0 amide bonds. The van der Waals surface area contributed by atoms with E-state index in [1.54, 1.807) is 11.3 Å². The van der Waals surface area contributed by atoms with Crippen molar-refractivity contribution in [1.82, 2.24) is 20.0 Å². The maximum atomic E-state index is 9.60. The minimum absolute atomic E-state index is 0.234. The number of aromatic amines is 1. The van der Waals surface area contributed by atoms with E-state index in [1.807, 2.05) is 6.20 Å². The number of piperazine rings is 1. The SMILES string of the molecule is Cc1ccc(C)c(-c2[nH]ncc2CN2CCN(Cc3ccsc3)[C@H](CCO)C2)c1. The number of nitrogens with one attached hydrogen (secondary N) is 1. The third-order valence-corrected chi connectivity index (χ3v) is 6.62. The molecule has 0 unspecified atom stereocenters. The molecule has 0 saturated carbocycles. The number of benzene rings is 1. The Morgan fingerprint density at radius 3 is 2.90 bits per heavy atom. The lowest BCUT2D eigenvalue weighted by molar-refractivity contribution is 0.0501. The van der Waals surface area contributed by atoms with E-state index in [-0.39, 0.29) is 6.61 Å². The second-order valence-electron chi connectivity index (χ2n) is 8.09. The van der Waals surface area contributed by atoms with Crippen LogP contribution in [0, 0.1) is 13.8 Å². The van der Waals surface area contributed by atoms with Crippen LogP contribution in [0.1, 0.15) is 28.7 Å². The zero-order chi connectivity index (χ0) is 20.2. The second-order valence-corrected chi connectivity index (χ2v) is 8.87. The van der Waals surface area contributed by atoms with Crippen LogP contribution < -0.4 is 0 Å². The van der Waals surface area contributed by atoms with Crippen LogP contribution >= 0.6 is 11.3 Å². The van der Waals surface area contributed by atoms with E-state index in [9.17, 15) is 5.11 Å². The molecule has 4 rings (SSSR count). The van der Waals surface area contributed by atoms with Crippen molar-refractivity contribution in [1.29, 1.82) is 0 Å². The maximum Gasteiger partial charge on any atom is 0.0698 e. The zero-order valence-corrected chi connectivity index (χ0v) is 18.1. The van der Waals surface area contributed by atoms with Crippen molar-refractivity contribution >= 4 is 11.3 Å². The van der Waals surface area contributed by atoms with Crippen LogP contribution in [0.4, 0.5) is 0 Å². The van der Waals surface area contributed by atoms with Gasteiger partial charge in [-0.25, -0.2) is 0 Å². The van der Waals surface area contributed by atoms with Gasteiger partial charge in [0.1, 0.15) is 0 Å². The molecule has 0 spiro atoms. The Bertz CT molecular complexity index is 921. The van der Waals surface area contributed by atoms with Gasteiger partial charge in [0.05, 0.1) is 11.9 Å². The van der Waals surface area contributed by atoms with Crippen LogP contribution in [0.5, 0.6) is 0 Å². The fraction of sp³-hybridized carbons (Fsp3) is 0.435. The van der Waals surface area contributed by atoms with Gasteiger partial charge in [-0.05, 0) is 54.3 Å². The Morgan fingerprint density at radius 1 is 1.21 bits per heavy atom. The molecule has 5 nitrogen and oxygen atoms in total. The van der Waals surface area contributed by atoms with E-state index < -0.39 is 0 Å². The molecule has 2 aromatic heterocycles. The monoisotopic (exact) mass is 410 g/mol. The highest BCUT2D eigenvalue weighted by atomic mass is 32.1. The largest absolute Gasteiger partial charge is 0.396 e. The Kier molecular flexibility index (Phi) is 6.45. The molecule has 0 bridgehead atoms. The van der Waals surface area contributed by atoms with Gasteiger partial charge in [-0.1, -0.05) is 17.7 Å². The molecular weight excluding hydrogens is 380 g/mol. The highest BCUT2D eigenvalue weighted by molar-refractivity contribution is 7.07. The normalized spacial score (nSPS) is 18.4. The quantitative estimate of drug-likeness (QED) is 0.622. The van der Waals surface area contributed by atoms with Crippen LogP contribution in [-0.2, 0) is 13.1 Å². The van der Waals surface area contributed by atoms with Crippen LogP contribution in [-0.4, -0.2) is 57.4 Å².